The van der Waals surface area contributed by atoms with Crippen molar-refractivity contribution in [3.8, 4) is 11.5 Å². The van der Waals surface area contributed by atoms with Gasteiger partial charge in [-0.2, -0.15) is 0 Å². The fourth-order valence-corrected chi connectivity index (χ4v) is 9.84. The van der Waals surface area contributed by atoms with Crippen LogP contribution < -0.4 is 9.61 Å². The molecular formula is C24H24N2O7S2. The van der Waals surface area contributed by atoms with Crippen LogP contribution in [0.1, 0.15) is 35.6 Å². The van der Waals surface area contributed by atoms with Gasteiger partial charge in [0.15, 0.2) is 11.5 Å². The lowest BCUT2D eigenvalue weighted by Gasteiger charge is -2.43. The molecule has 1 aromatic carbocycles. The highest BCUT2D eigenvalue weighted by molar-refractivity contribution is 8.00. The number of H-pyrrole nitrogens is 1. The molecule has 0 unspecified atom stereocenters. The molecule has 4 aliphatic rings. The first-order valence-electron chi connectivity index (χ1n) is 11.6. The molecule has 0 spiro atoms. The lowest BCUT2D eigenvalue weighted by atomic mass is 9.68. The van der Waals surface area contributed by atoms with Crippen LogP contribution in [0, 0.1) is 29.6 Å². The molecule has 2 aliphatic carbocycles. The van der Waals surface area contributed by atoms with Crippen LogP contribution in [0.4, 0.5) is 0 Å². The molecule has 3 heterocycles. The number of thiazole rings is 1. The van der Waals surface area contributed by atoms with Crippen LogP contribution >= 0.6 is 23.1 Å². The number of likely N-dealkylation sites (tertiary alicyclic amines) is 1. The minimum Gasteiger partial charge on any atom is -0.504 e. The third-order valence-electron chi connectivity index (χ3n) is 8.15. The second-order valence-corrected chi connectivity index (χ2v) is 11.9. The number of carbonyl (C=O) groups excluding carboxylic acids is 2. The number of aromatic hydroxyl groups is 1. The maximum atomic E-state index is 13.4. The molecule has 184 valence electrons. The van der Waals surface area contributed by atoms with E-state index in [0.29, 0.717) is 5.75 Å². The fraction of sp³-hybridized carbons (Fsp3) is 0.500. The second kappa shape index (κ2) is 8.12. The average Bonchev–Trinajstić information content (AvgIpc) is 3.54. The number of thioether (sulfide) groups is 1. The Morgan fingerprint density at radius 3 is 2.66 bits per heavy atom. The van der Waals surface area contributed by atoms with E-state index < -0.39 is 11.9 Å². The highest BCUT2D eigenvalue weighted by atomic mass is 32.2. The van der Waals surface area contributed by atoms with Gasteiger partial charge in [-0.1, -0.05) is 17.4 Å². The molecular weight excluding hydrogens is 492 g/mol. The first-order valence-corrected chi connectivity index (χ1v) is 13.3. The van der Waals surface area contributed by atoms with E-state index in [4.69, 9.17) is 9.84 Å². The number of phenols is 1. The Kier molecular flexibility index (Phi) is 5.26. The SMILES string of the molecule is COc1cc([C@@H]2c3sc(=O)[nH]c3S[C@@H]3[C@H]4C[C@@H]([C@@H]5C(=O)N(CCCC(=O)O)C(=O)[C@H]45)[C@@H]23)ccc1O. The third-order valence-corrected chi connectivity index (χ3v) is 10.7. The topological polar surface area (TPSA) is 137 Å². The van der Waals surface area contributed by atoms with Gasteiger partial charge in [0.05, 0.1) is 24.0 Å². The van der Waals surface area contributed by atoms with E-state index in [2.05, 4.69) is 4.98 Å². The van der Waals surface area contributed by atoms with Crippen LogP contribution in [-0.4, -0.2) is 56.8 Å². The zero-order chi connectivity index (χ0) is 24.6. The minimum atomic E-state index is -0.945. The maximum Gasteiger partial charge on any atom is 0.305 e. The molecule has 7 atom stereocenters. The Morgan fingerprint density at radius 1 is 1.20 bits per heavy atom. The van der Waals surface area contributed by atoms with Crippen LogP contribution in [0.5, 0.6) is 11.5 Å². The molecule has 11 heteroatoms. The number of nitrogens with zero attached hydrogens (tertiary/aromatic N) is 1. The number of phenolic OH excluding ortho intramolecular Hbond substituents is 1. The number of hydrogen-bond donors (Lipinski definition) is 3. The number of benzene rings is 1. The fourth-order valence-electron chi connectivity index (χ4n) is 6.95. The number of nitrogens with one attached hydrogen (secondary N) is 1. The van der Waals surface area contributed by atoms with Gasteiger partial charge in [0.2, 0.25) is 11.8 Å². The van der Waals surface area contributed by atoms with E-state index in [1.54, 1.807) is 23.9 Å². The smallest absolute Gasteiger partial charge is 0.305 e. The first-order chi connectivity index (χ1) is 16.8. The van der Waals surface area contributed by atoms with Crippen molar-refractivity contribution in [3.05, 3.63) is 38.3 Å². The standard InChI is InChI=1S/C24H24N2O7S2/c1-33-13-7-9(4-5-12(13)27)15-16-10-8-11(19(16)34-21-20(15)35-24(32)25-21)18-17(10)22(30)26(23(18)31)6-2-3-14(28)29/h4-5,7,10-11,15-19,27H,2-3,6,8H2,1H3,(H,25,32)(H,28,29)/t10-,11+,15+,16+,17+,18-,19-/m1/s1. The van der Waals surface area contributed by atoms with Crippen molar-refractivity contribution >= 4 is 40.9 Å². The molecule has 0 radical (unpaired) electrons. The van der Waals surface area contributed by atoms with Crippen LogP contribution in [0.3, 0.4) is 0 Å². The van der Waals surface area contributed by atoms with Crippen molar-refractivity contribution in [2.45, 2.75) is 35.5 Å². The number of carboxylic acid groups (broad SMARTS) is 1. The number of fused-ring (bicyclic) bond motifs is 9. The second-order valence-electron chi connectivity index (χ2n) is 9.72. The van der Waals surface area contributed by atoms with Gasteiger partial charge in [0.25, 0.3) is 0 Å². The number of carboxylic acids is 1. The van der Waals surface area contributed by atoms with Gasteiger partial charge < -0.3 is 19.9 Å². The Labute approximate surface area is 208 Å². The zero-order valence-electron chi connectivity index (χ0n) is 18.8. The molecule has 2 amide bonds. The number of aliphatic carboxylic acids is 1. The number of rotatable bonds is 6. The van der Waals surface area contributed by atoms with Crippen molar-refractivity contribution in [1.29, 1.82) is 0 Å². The minimum absolute atomic E-state index is 0.0130. The Hall–Kier alpha value is -2.79. The summed E-state index contributed by atoms with van der Waals surface area (Å²) in [5.41, 5.74) is 0.908. The third kappa shape index (κ3) is 3.27. The van der Waals surface area contributed by atoms with E-state index in [0.717, 1.165) is 21.9 Å². The quantitative estimate of drug-likeness (QED) is 0.498. The molecule has 6 rings (SSSR count). The molecule has 2 aromatic rings. The summed E-state index contributed by atoms with van der Waals surface area (Å²) in [6.07, 6.45) is 0.944. The zero-order valence-corrected chi connectivity index (χ0v) is 20.4. The predicted molar refractivity (Wildman–Crippen MR) is 127 cm³/mol. The van der Waals surface area contributed by atoms with E-state index in [1.807, 2.05) is 6.07 Å². The number of methoxy groups -OCH3 is 1. The summed E-state index contributed by atoms with van der Waals surface area (Å²) in [5.74, 6) is -1.82. The number of ether oxygens (including phenoxy) is 1. The largest absolute Gasteiger partial charge is 0.504 e. The first kappa shape index (κ1) is 22.7. The van der Waals surface area contributed by atoms with Crippen molar-refractivity contribution in [2.24, 2.45) is 29.6 Å². The number of carbonyl (C=O) groups is 3. The van der Waals surface area contributed by atoms with Gasteiger partial charge >= 0.3 is 10.8 Å². The molecule has 3 fully saturated rings. The summed E-state index contributed by atoms with van der Waals surface area (Å²) in [4.78, 5) is 55.0. The van der Waals surface area contributed by atoms with Crippen molar-refractivity contribution < 1.29 is 29.3 Å². The molecule has 1 aromatic heterocycles. The normalized spacial score (nSPS) is 32.5. The average molecular weight is 517 g/mol. The summed E-state index contributed by atoms with van der Waals surface area (Å²) in [7, 11) is 1.49. The van der Waals surface area contributed by atoms with Gasteiger partial charge in [0.1, 0.15) is 0 Å². The van der Waals surface area contributed by atoms with Gasteiger partial charge in [0, 0.05) is 29.0 Å². The van der Waals surface area contributed by atoms with Gasteiger partial charge in [-0.3, -0.25) is 24.1 Å². The molecule has 9 nitrogen and oxygen atoms in total. The Bertz CT molecular complexity index is 1300. The highest BCUT2D eigenvalue weighted by Gasteiger charge is 2.69. The summed E-state index contributed by atoms with van der Waals surface area (Å²) in [6.45, 7) is 0.137. The lowest BCUT2D eigenvalue weighted by molar-refractivity contribution is -0.142. The monoisotopic (exact) mass is 516 g/mol. The van der Waals surface area contributed by atoms with Crippen LogP contribution in [-0.2, 0) is 14.4 Å². The predicted octanol–water partition coefficient (Wildman–Crippen LogP) is 2.49. The van der Waals surface area contributed by atoms with Crippen molar-refractivity contribution in [2.75, 3.05) is 13.7 Å². The van der Waals surface area contributed by atoms with E-state index in [-0.39, 0.29) is 76.7 Å². The molecule has 1 saturated heterocycles. The van der Waals surface area contributed by atoms with Crippen LogP contribution in [0.15, 0.2) is 28.0 Å². The molecule has 2 bridgehead atoms. The number of amides is 2. The molecule has 35 heavy (non-hydrogen) atoms. The number of aromatic amines is 1. The van der Waals surface area contributed by atoms with Crippen molar-refractivity contribution in [1.82, 2.24) is 9.88 Å². The number of aromatic nitrogens is 1. The molecule has 2 aliphatic heterocycles. The van der Waals surface area contributed by atoms with Crippen molar-refractivity contribution in [3.63, 3.8) is 0 Å². The summed E-state index contributed by atoms with van der Waals surface area (Å²) >= 11 is 2.79. The molecule has 3 N–H and O–H groups in total. The van der Waals surface area contributed by atoms with Crippen LogP contribution in [0.2, 0.25) is 0 Å². The summed E-state index contributed by atoms with van der Waals surface area (Å²) < 4.78 is 5.34. The van der Waals surface area contributed by atoms with Gasteiger partial charge in [-0.05, 0) is 48.3 Å². The molecule has 2 saturated carbocycles. The number of imide groups is 1. The van der Waals surface area contributed by atoms with E-state index in [9.17, 15) is 24.3 Å². The van der Waals surface area contributed by atoms with E-state index >= 15 is 0 Å². The van der Waals surface area contributed by atoms with Crippen LogP contribution in [0.25, 0.3) is 0 Å². The highest BCUT2D eigenvalue weighted by Crippen LogP contribution is 2.68. The van der Waals surface area contributed by atoms with Gasteiger partial charge in [-0.15, -0.1) is 11.8 Å². The maximum absolute atomic E-state index is 13.4. The summed E-state index contributed by atoms with van der Waals surface area (Å²) in [6, 6.07) is 5.22. The Morgan fingerprint density at radius 2 is 1.94 bits per heavy atom. The lowest BCUT2D eigenvalue weighted by Crippen LogP contribution is -2.42. The summed E-state index contributed by atoms with van der Waals surface area (Å²) in [5, 5.41) is 20.0. The van der Waals surface area contributed by atoms with E-state index in [1.165, 1.54) is 23.3 Å². The number of hydrogen-bond acceptors (Lipinski definition) is 8. The van der Waals surface area contributed by atoms with Gasteiger partial charge in [-0.25, -0.2) is 0 Å². The Balaban J connectivity index is 1.39.